The van der Waals surface area contributed by atoms with Gasteiger partial charge in [-0.3, -0.25) is 9.69 Å². The number of aromatic nitrogens is 1. The van der Waals surface area contributed by atoms with Gasteiger partial charge < -0.3 is 15.0 Å². The second-order valence-electron chi connectivity index (χ2n) is 7.97. The Morgan fingerprint density at radius 1 is 1.21 bits per heavy atom. The van der Waals surface area contributed by atoms with Crippen LogP contribution in [0.25, 0.3) is 0 Å². The number of fused-ring (bicyclic) bond motifs is 1. The number of hydrogen-bond acceptors (Lipinski definition) is 6. The maximum absolute atomic E-state index is 12.1. The van der Waals surface area contributed by atoms with Crippen LogP contribution in [0.1, 0.15) is 29.7 Å². The predicted octanol–water partition coefficient (Wildman–Crippen LogP) is 2.36. The molecule has 1 aromatic carbocycles. The maximum Gasteiger partial charge on any atom is 0.246 e. The molecule has 0 unspecified atom stereocenters. The largest absolute Gasteiger partial charge is 0.364 e. The standard InChI is InChI=1S/C21H26N4O2S/c26-19-15-27-18-14-24(11-8-21(18,23-19)16-6-2-1-3-7-16)13-17-12-22-20(28-17)25-9-4-5-10-25/h1-3,6-7,12,18H,4-5,8-11,13-15H2,(H,23,26)/t18-,21+/m1/s1. The lowest BCUT2D eigenvalue weighted by molar-refractivity contribution is -0.152. The van der Waals surface area contributed by atoms with Gasteiger partial charge in [-0.15, -0.1) is 11.3 Å². The van der Waals surface area contributed by atoms with Gasteiger partial charge in [0.15, 0.2) is 5.13 Å². The third kappa shape index (κ3) is 3.32. The molecule has 6 nitrogen and oxygen atoms in total. The second kappa shape index (κ2) is 7.46. The molecule has 0 spiro atoms. The van der Waals surface area contributed by atoms with Crippen molar-refractivity contribution in [3.63, 3.8) is 0 Å². The Balaban J connectivity index is 1.31. The van der Waals surface area contributed by atoms with Crippen LogP contribution < -0.4 is 10.2 Å². The van der Waals surface area contributed by atoms with E-state index >= 15 is 0 Å². The van der Waals surface area contributed by atoms with E-state index < -0.39 is 5.54 Å². The smallest absolute Gasteiger partial charge is 0.246 e. The van der Waals surface area contributed by atoms with Gasteiger partial charge in [-0.1, -0.05) is 30.3 Å². The van der Waals surface area contributed by atoms with E-state index in [0.717, 1.165) is 49.8 Å². The summed E-state index contributed by atoms with van der Waals surface area (Å²) in [7, 11) is 0. The third-order valence-corrected chi connectivity index (χ3v) is 7.20. The van der Waals surface area contributed by atoms with Crippen LogP contribution in [0.3, 0.4) is 0 Å². The third-order valence-electron chi connectivity index (χ3n) is 6.16. The molecule has 3 fully saturated rings. The van der Waals surface area contributed by atoms with Crippen molar-refractivity contribution in [2.75, 3.05) is 37.7 Å². The number of anilines is 1. The number of benzene rings is 1. The molecule has 0 aliphatic carbocycles. The molecule has 7 heteroatoms. The number of hydrogen-bond donors (Lipinski definition) is 1. The van der Waals surface area contributed by atoms with Crippen LogP contribution in [0.5, 0.6) is 0 Å². The molecule has 148 valence electrons. The number of nitrogens with one attached hydrogen (secondary N) is 1. The van der Waals surface area contributed by atoms with Gasteiger partial charge in [0, 0.05) is 43.8 Å². The molecule has 2 atom stereocenters. The lowest BCUT2D eigenvalue weighted by Crippen LogP contribution is -2.66. The minimum absolute atomic E-state index is 0.0220. The number of nitrogens with zero attached hydrogens (tertiary/aromatic N) is 3. The molecule has 2 aromatic rings. The molecule has 0 bridgehead atoms. The van der Waals surface area contributed by atoms with Crippen LogP contribution in [0, 0.1) is 0 Å². The molecule has 0 saturated carbocycles. The van der Waals surface area contributed by atoms with Gasteiger partial charge in [0.1, 0.15) is 6.61 Å². The van der Waals surface area contributed by atoms with Crippen molar-refractivity contribution in [1.29, 1.82) is 0 Å². The van der Waals surface area contributed by atoms with E-state index in [1.54, 1.807) is 0 Å². The van der Waals surface area contributed by atoms with Crippen LogP contribution in [-0.2, 0) is 21.6 Å². The van der Waals surface area contributed by atoms with Gasteiger partial charge in [-0.05, 0) is 24.8 Å². The Hall–Kier alpha value is -1.96. The van der Waals surface area contributed by atoms with E-state index in [2.05, 4.69) is 32.2 Å². The summed E-state index contributed by atoms with van der Waals surface area (Å²) in [5.41, 5.74) is 0.725. The highest BCUT2D eigenvalue weighted by Crippen LogP contribution is 2.38. The van der Waals surface area contributed by atoms with Gasteiger partial charge in [0.25, 0.3) is 0 Å². The zero-order valence-electron chi connectivity index (χ0n) is 16.0. The summed E-state index contributed by atoms with van der Waals surface area (Å²) >= 11 is 1.81. The minimum Gasteiger partial charge on any atom is -0.364 e. The molecule has 0 radical (unpaired) electrons. The molecule has 1 aromatic heterocycles. The molecular weight excluding hydrogens is 372 g/mol. The molecular formula is C21H26N4O2S. The SMILES string of the molecule is O=C1CO[C@@H]2CN(Cc3cnc(N4CCCC4)s3)CC[C@@]2(c2ccccc2)N1. The molecule has 3 aliphatic rings. The van der Waals surface area contributed by atoms with Gasteiger partial charge in [0.2, 0.25) is 5.91 Å². The summed E-state index contributed by atoms with van der Waals surface area (Å²) in [6, 6.07) is 10.3. The Labute approximate surface area is 169 Å². The van der Waals surface area contributed by atoms with Crippen LogP contribution in [0.15, 0.2) is 36.5 Å². The number of morpholine rings is 1. The van der Waals surface area contributed by atoms with Crippen LogP contribution >= 0.6 is 11.3 Å². The number of rotatable bonds is 4. The molecule has 1 amide bonds. The first-order chi connectivity index (χ1) is 13.7. The number of likely N-dealkylation sites (tertiary alicyclic amines) is 1. The number of thiazole rings is 1. The topological polar surface area (TPSA) is 57.7 Å². The number of carbonyl (C=O) groups is 1. The van der Waals surface area contributed by atoms with Gasteiger partial charge in [-0.25, -0.2) is 4.98 Å². The van der Waals surface area contributed by atoms with E-state index in [0.29, 0.717) is 0 Å². The number of ether oxygens (including phenoxy) is 1. The van der Waals surface area contributed by atoms with E-state index in [1.807, 2.05) is 35.7 Å². The predicted molar refractivity (Wildman–Crippen MR) is 109 cm³/mol. The number of amides is 1. The first-order valence-electron chi connectivity index (χ1n) is 10.1. The average molecular weight is 399 g/mol. The normalized spacial score (nSPS) is 28.2. The highest BCUT2D eigenvalue weighted by Gasteiger charge is 2.49. The van der Waals surface area contributed by atoms with Crippen LogP contribution in [0.2, 0.25) is 0 Å². The summed E-state index contributed by atoms with van der Waals surface area (Å²) in [5.74, 6) is -0.0220. The number of piperidine rings is 1. The monoisotopic (exact) mass is 398 g/mol. The van der Waals surface area contributed by atoms with Crippen molar-refractivity contribution in [3.05, 3.63) is 47.0 Å². The summed E-state index contributed by atoms with van der Waals surface area (Å²) in [4.78, 5) is 22.9. The van der Waals surface area contributed by atoms with Gasteiger partial charge >= 0.3 is 0 Å². The van der Waals surface area contributed by atoms with Crippen molar-refractivity contribution in [3.8, 4) is 0 Å². The molecule has 3 saturated heterocycles. The van der Waals surface area contributed by atoms with E-state index in [4.69, 9.17) is 4.74 Å². The van der Waals surface area contributed by atoms with Crippen molar-refractivity contribution >= 4 is 22.4 Å². The first kappa shape index (κ1) is 18.1. The fourth-order valence-electron chi connectivity index (χ4n) is 4.70. The van der Waals surface area contributed by atoms with E-state index in [-0.39, 0.29) is 18.6 Å². The summed E-state index contributed by atoms with van der Waals surface area (Å²) in [6.45, 7) is 5.03. The Kier molecular flexibility index (Phi) is 4.82. The number of carbonyl (C=O) groups excluding carboxylic acids is 1. The Morgan fingerprint density at radius 3 is 2.86 bits per heavy atom. The van der Waals surface area contributed by atoms with Crippen LogP contribution in [-0.4, -0.2) is 54.7 Å². The average Bonchev–Trinajstić information content (AvgIpc) is 3.41. The van der Waals surface area contributed by atoms with Crippen molar-refractivity contribution in [2.45, 2.75) is 37.5 Å². The molecule has 28 heavy (non-hydrogen) atoms. The molecule has 1 N–H and O–H groups in total. The molecule has 3 aliphatic heterocycles. The minimum atomic E-state index is -0.415. The highest BCUT2D eigenvalue weighted by molar-refractivity contribution is 7.15. The first-order valence-corrected chi connectivity index (χ1v) is 10.9. The van der Waals surface area contributed by atoms with Crippen molar-refractivity contribution in [2.24, 2.45) is 0 Å². The van der Waals surface area contributed by atoms with Gasteiger partial charge in [-0.2, -0.15) is 0 Å². The zero-order chi connectivity index (χ0) is 19.0. The summed E-state index contributed by atoms with van der Waals surface area (Å²) < 4.78 is 6.03. The fourth-order valence-corrected chi connectivity index (χ4v) is 5.71. The lowest BCUT2D eigenvalue weighted by Gasteiger charge is -2.50. The molecule has 4 heterocycles. The second-order valence-corrected chi connectivity index (χ2v) is 9.07. The Bertz CT molecular complexity index is 836. The quantitative estimate of drug-likeness (QED) is 0.857. The molecule has 5 rings (SSSR count). The fraction of sp³-hybridized carbons (Fsp3) is 0.524. The lowest BCUT2D eigenvalue weighted by atomic mass is 9.77. The van der Waals surface area contributed by atoms with Crippen LogP contribution in [0.4, 0.5) is 5.13 Å². The van der Waals surface area contributed by atoms with Crippen molar-refractivity contribution in [1.82, 2.24) is 15.2 Å². The Morgan fingerprint density at radius 2 is 2.04 bits per heavy atom. The van der Waals surface area contributed by atoms with Gasteiger partial charge in [0.05, 0.1) is 11.6 Å². The maximum atomic E-state index is 12.1. The zero-order valence-corrected chi connectivity index (χ0v) is 16.8. The van der Waals surface area contributed by atoms with E-state index in [9.17, 15) is 4.79 Å². The summed E-state index contributed by atoms with van der Waals surface area (Å²) in [5, 5.41) is 4.42. The van der Waals surface area contributed by atoms with Crippen molar-refractivity contribution < 1.29 is 9.53 Å². The summed E-state index contributed by atoms with van der Waals surface area (Å²) in [6.07, 6.45) is 5.39. The van der Waals surface area contributed by atoms with E-state index in [1.165, 1.54) is 17.7 Å². The highest BCUT2D eigenvalue weighted by atomic mass is 32.1.